The molecule has 3 rings (SSSR count). The second-order valence-electron chi connectivity index (χ2n) is 6.92. The van der Waals surface area contributed by atoms with E-state index in [0.717, 1.165) is 11.1 Å². The minimum Gasteiger partial charge on any atom is -0.497 e. The van der Waals surface area contributed by atoms with Gasteiger partial charge in [-0.3, -0.25) is 4.98 Å². The van der Waals surface area contributed by atoms with Gasteiger partial charge in [-0.1, -0.05) is 23.7 Å². The summed E-state index contributed by atoms with van der Waals surface area (Å²) in [5.41, 5.74) is 2.37. The normalized spacial score (nSPS) is 11.4. The highest BCUT2D eigenvalue weighted by Gasteiger charge is 2.28. The van der Waals surface area contributed by atoms with Gasteiger partial charge in [0.25, 0.3) is 10.0 Å². The van der Waals surface area contributed by atoms with E-state index < -0.39 is 10.0 Å². The Bertz CT molecular complexity index is 1200. The molecule has 0 spiro atoms. The van der Waals surface area contributed by atoms with Gasteiger partial charge in [0.05, 0.1) is 33.7 Å². The number of hydrogen-bond donors (Lipinski definition) is 0. The number of ether oxygens (including phenoxy) is 3. The van der Waals surface area contributed by atoms with Crippen LogP contribution < -0.4 is 14.2 Å². The van der Waals surface area contributed by atoms with Crippen molar-refractivity contribution in [2.24, 2.45) is 0 Å². The van der Waals surface area contributed by atoms with E-state index in [2.05, 4.69) is 9.97 Å². The van der Waals surface area contributed by atoms with Crippen molar-refractivity contribution in [2.45, 2.75) is 25.0 Å². The molecule has 1 heterocycles. The summed E-state index contributed by atoms with van der Waals surface area (Å²) < 4.78 is 44.3. The summed E-state index contributed by atoms with van der Waals surface area (Å²) in [4.78, 5) is 7.86. The molecule has 0 fully saturated rings. The average molecular weight is 478 g/mol. The third kappa shape index (κ3) is 5.29. The standard InChI is InChI=1S/C22H24ClN3O5S/c1-15-9-18(29-2)7-5-16(15)13-26(32(27,28)22-12-24-11-21(23)25-22)14-17-6-8-19(30-3)10-20(17)31-4/h5-12H,13-14H2,1-4H3. The Balaban J connectivity index is 2.05. The molecule has 0 saturated heterocycles. The van der Waals surface area contributed by atoms with Crippen molar-refractivity contribution in [3.63, 3.8) is 0 Å². The summed E-state index contributed by atoms with van der Waals surface area (Å²) in [6, 6.07) is 10.7. The molecule has 0 saturated carbocycles. The molecule has 1 aromatic heterocycles. The van der Waals surface area contributed by atoms with Crippen LogP contribution in [0.1, 0.15) is 16.7 Å². The maximum atomic E-state index is 13.5. The first kappa shape index (κ1) is 23.8. The molecule has 0 radical (unpaired) electrons. The van der Waals surface area contributed by atoms with Gasteiger partial charge in [-0.2, -0.15) is 4.31 Å². The Morgan fingerprint density at radius 3 is 2.12 bits per heavy atom. The molecule has 10 heteroatoms. The zero-order valence-corrected chi connectivity index (χ0v) is 19.8. The lowest BCUT2D eigenvalue weighted by Crippen LogP contribution is -2.31. The van der Waals surface area contributed by atoms with Crippen LogP contribution in [0.2, 0.25) is 5.15 Å². The molecule has 8 nitrogen and oxygen atoms in total. The van der Waals surface area contributed by atoms with E-state index in [1.54, 1.807) is 38.5 Å². The first-order valence-corrected chi connectivity index (χ1v) is 11.4. The number of methoxy groups -OCH3 is 3. The number of nitrogens with zero attached hydrogens (tertiary/aromatic N) is 3. The number of aromatic nitrogens is 2. The topological polar surface area (TPSA) is 90.8 Å². The molecule has 32 heavy (non-hydrogen) atoms. The van der Waals surface area contributed by atoms with Crippen LogP contribution in [-0.4, -0.2) is 44.0 Å². The number of rotatable bonds is 9. The van der Waals surface area contributed by atoms with Crippen LogP contribution >= 0.6 is 11.6 Å². The number of aryl methyl sites for hydroxylation is 1. The van der Waals surface area contributed by atoms with Crippen LogP contribution in [0.4, 0.5) is 0 Å². The van der Waals surface area contributed by atoms with Gasteiger partial charge in [0, 0.05) is 24.7 Å². The van der Waals surface area contributed by atoms with Crippen LogP contribution in [0.25, 0.3) is 0 Å². The van der Waals surface area contributed by atoms with E-state index in [0.29, 0.717) is 22.8 Å². The lowest BCUT2D eigenvalue weighted by Gasteiger charge is -2.24. The van der Waals surface area contributed by atoms with Crippen LogP contribution in [0, 0.1) is 6.92 Å². The molecule has 3 aromatic rings. The van der Waals surface area contributed by atoms with Crippen molar-refractivity contribution < 1.29 is 22.6 Å². The van der Waals surface area contributed by atoms with Crippen molar-refractivity contribution in [3.05, 3.63) is 70.6 Å². The van der Waals surface area contributed by atoms with Gasteiger partial charge < -0.3 is 14.2 Å². The van der Waals surface area contributed by atoms with Crippen molar-refractivity contribution >= 4 is 21.6 Å². The molecule has 0 aliphatic rings. The molecular formula is C22H24ClN3O5S. The zero-order chi connectivity index (χ0) is 23.3. The summed E-state index contributed by atoms with van der Waals surface area (Å²) in [6.07, 6.45) is 2.46. The van der Waals surface area contributed by atoms with Gasteiger partial charge in [0.15, 0.2) is 5.03 Å². The second-order valence-corrected chi connectivity index (χ2v) is 9.20. The third-order valence-corrected chi connectivity index (χ3v) is 6.77. The second kappa shape index (κ2) is 10.2. The van der Waals surface area contributed by atoms with E-state index in [1.807, 2.05) is 19.1 Å². The van der Waals surface area contributed by atoms with Gasteiger partial charge in [-0.25, -0.2) is 13.4 Å². The molecule has 0 aliphatic carbocycles. The van der Waals surface area contributed by atoms with Crippen molar-refractivity contribution in [3.8, 4) is 17.2 Å². The molecule has 0 atom stereocenters. The van der Waals surface area contributed by atoms with Gasteiger partial charge in [-0.05, 0) is 36.2 Å². The highest BCUT2D eigenvalue weighted by atomic mass is 35.5. The van der Waals surface area contributed by atoms with Gasteiger partial charge in [0.2, 0.25) is 0 Å². The summed E-state index contributed by atoms with van der Waals surface area (Å²) in [5, 5.41) is -0.239. The first-order valence-electron chi connectivity index (χ1n) is 9.60. The van der Waals surface area contributed by atoms with Gasteiger partial charge >= 0.3 is 0 Å². The fraction of sp³-hybridized carbons (Fsp3) is 0.273. The Hall–Kier alpha value is -2.88. The van der Waals surface area contributed by atoms with Gasteiger partial charge in [0.1, 0.15) is 22.4 Å². The van der Waals surface area contributed by atoms with Crippen LogP contribution in [0.15, 0.2) is 53.8 Å². The SMILES string of the molecule is COc1ccc(CN(Cc2ccc(OC)cc2OC)S(=O)(=O)c2cncc(Cl)n2)c(C)c1. The predicted octanol–water partition coefficient (Wildman–Crippen LogP) is 3.86. The predicted molar refractivity (Wildman–Crippen MR) is 121 cm³/mol. The van der Waals surface area contributed by atoms with Crippen LogP contribution in [0.3, 0.4) is 0 Å². The first-order chi connectivity index (χ1) is 15.3. The van der Waals surface area contributed by atoms with E-state index in [4.69, 9.17) is 25.8 Å². The van der Waals surface area contributed by atoms with Crippen LogP contribution in [-0.2, 0) is 23.1 Å². The van der Waals surface area contributed by atoms with Crippen LogP contribution in [0.5, 0.6) is 17.2 Å². The molecule has 170 valence electrons. The molecule has 2 aromatic carbocycles. The average Bonchev–Trinajstić information content (AvgIpc) is 2.79. The molecule has 0 N–H and O–H groups in total. The van der Waals surface area contributed by atoms with E-state index in [-0.39, 0.29) is 23.3 Å². The Morgan fingerprint density at radius 2 is 1.53 bits per heavy atom. The summed E-state index contributed by atoms with van der Waals surface area (Å²) >= 11 is 5.91. The fourth-order valence-electron chi connectivity index (χ4n) is 3.14. The molecule has 0 unspecified atom stereocenters. The van der Waals surface area contributed by atoms with Crippen molar-refractivity contribution in [1.29, 1.82) is 0 Å². The number of hydrogen-bond acceptors (Lipinski definition) is 7. The largest absolute Gasteiger partial charge is 0.497 e. The maximum absolute atomic E-state index is 13.5. The Kier molecular flexibility index (Phi) is 7.55. The number of benzene rings is 2. The molecule has 0 aliphatic heterocycles. The molecular weight excluding hydrogens is 454 g/mol. The lowest BCUT2D eigenvalue weighted by atomic mass is 10.1. The third-order valence-electron chi connectivity index (χ3n) is 4.92. The van der Waals surface area contributed by atoms with E-state index in [1.165, 1.54) is 23.8 Å². The monoisotopic (exact) mass is 477 g/mol. The lowest BCUT2D eigenvalue weighted by molar-refractivity contribution is 0.368. The summed E-state index contributed by atoms with van der Waals surface area (Å²) in [5.74, 6) is 1.80. The minimum atomic E-state index is -4.04. The van der Waals surface area contributed by atoms with Crippen molar-refractivity contribution in [2.75, 3.05) is 21.3 Å². The number of halogens is 1. The minimum absolute atomic E-state index is 0.00585. The zero-order valence-electron chi connectivity index (χ0n) is 18.2. The van der Waals surface area contributed by atoms with E-state index >= 15 is 0 Å². The number of sulfonamides is 1. The molecule has 0 bridgehead atoms. The Morgan fingerprint density at radius 1 is 0.906 bits per heavy atom. The summed E-state index contributed by atoms with van der Waals surface area (Å²) in [7, 11) is 0.619. The highest BCUT2D eigenvalue weighted by Crippen LogP contribution is 2.29. The summed E-state index contributed by atoms with van der Waals surface area (Å²) in [6.45, 7) is 2.03. The van der Waals surface area contributed by atoms with E-state index in [9.17, 15) is 8.42 Å². The molecule has 0 amide bonds. The quantitative estimate of drug-likeness (QED) is 0.462. The fourth-order valence-corrected chi connectivity index (χ4v) is 4.63. The highest BCUT2D eigenvalue weighted by molar-refractivity contribution is 7.89. The van der Waals surface area contributed by atoms with Crippen molar-refractivity contribution in [1.82, 2.24) is 14.3 Å². The smallest absolute Gasteiger partial charge is 0.262 e. The Labute approximate surface area is 192 Å². The van der Waals surface area contributed by atoms with Gasteiger partial charge in [-0.15, -0.1) is 0 Å². The maximum Gasteiger partial charge on any atom is 0.262 e.